The summed E-state index contributed by atoms with van der Waals surface area (Å²) >= 11 is 0. The first-order valence-corrected chi connectivity index (χ1v) is 16.9. The molecule has 0 bridgehead atoms. The fraction of sp³-hybridized carbons (Fsp3) is 0.351. The molecule has 2 saturated heterocycles. The number of aromatic nitrogens is 5. The van der Waals surface area contributed by atoms with Gasteiger partial charge in [-0.05, 0) is 49.1 Å². The molecule has 3 atom stereocenters. The Balaban J connectivity index is 1.05. The Bertz CT molecular complexity index is 2050. The van der Waals surface area contributed by atoms with Crippen LogP contribution in [0.3, 0.4) is 0 Å². The number of ether oxygens (including phenoxy) is 1. The monoisotopic (exact) mass is 676 g/mol. The molecule has 2 amide bonds. The van der Waals surface area contributed by atoms with Crippen LogP contribution in [0, 0.1) is 5.92 Å². The number of hydrogen-bond acceptors (Lipinski definition) is 8. The molecule has 2 aromatic carbocycles. The molecule has 0 aliphatic carbocycles. The molecule has 13 nitrogen and oxygen atoms in total. The normalized spacial score (nSPS) is 18.9. The maximum Gasteiger partial charge on any atom is 0.407 e. The second-order valence-electron chi connectivity index (χ2n) is 13.4. The Hall–Kier alpha value is -5.56. The number of amides is 2. The molecular weight excluding hydrogens is 636 g/mol. The minimum atomic E-state index is -1.77. The number of H-pyrrole nitrogens is 2. The van der Waals surface area contributed by atoms with E-state index in [1.54, 1.807) is 31.1 Å². The van der Waals surface area contributed by atoms with Crippen molar-refractivity contribution >= 4 is 28.9 Å². The lowest BCUT2D eigenvalue weighted by molar-refractivity contribution is -0.159. The predicted octanol–water partition coefficient (Wildman–Crippen LogP) is 5.69. The van der Waals surface area contributed by atoms with Gasteiger partial charge < -0.3 is 30.4 Å². The molecule has 2 aliphatic rings. The molecule has 13 heteroatoms. The minimum absolute atomic E-state index is 0.159. The highest BCUT2D eigenvalue weighted by Crippen LogP contribution is 2.36. The molecule has 0 saturated carbocycles. The highest BCUT2D eigenvalue weighted by Gasteiger charge is 2.51. The molecule has 7 rings (SSSR count). The van der Waals surface area contributed by atoms with Crippen molar-refractivity contribution in [1.29, 1.82) is 0 Å². The molecule has 5 N–H and O–H groups in total. The molecule has 0 spiro atoms. The van der Waals surface area contributed by atoms with Gasteiger partial charge in [-0.1, -0.05) is 50.2 Å². The van der Waals surface area contributed by atoms with Gasteiger partial charge in [-0.3, -0.25) is 19.7 Å². The van der Waals surface area contributed by atoms with E-state index in [1.807, 2.05) is 54.7 Å². The average molecular weight is 677 g/mol. The van der Waals surface area contributed by atoms with Crippen LogP contribution in [0.4, 0.5) is 4.79 Å². The van der Waals surface area contributed by atoms with Gasteiger partial charge in [0.15, 0.2) is 5.54 Å². The lowest BCUT2D eigenvalue weighted by Crippen LogP contribution is -2.64. The minimum Gasteiger partial charge on any atom is -0.467 e. The standard InChI is InChI=1S/C37H40N8O5/c1-21(2)37(38,35(47)50-3)34(46)44-14-5-7-32(44)33-41-20-30(43-33)23-10-8-22(9-11-23)28-18-40-29(19-39-28)25-13-12-24-17-27(42-26(24)16-25)31-6-4-15-45(31)36(48)49/h8-13,16-21,31-32,42H,4-7,14-15,38H2,1-3H3,(H,41,43)(H,48,49)/t31-,32-,37-/m0/s1. The molecule has 258 valence electrons. The first-order chi connectivity index (χ1) is 24.1. The zero-order valence-electron chi connectivity index (χ0n) is 28.2. The predicted molar refractivity (Wildman–Crippen MR) is 187 cm³/mol. The number of carbonyl (C=O) groups is 3. The van der Waals surface area contributed by atoms with E-state index in [0.29, 0.717) is 25.3 Å². The van der Waals surface area contributed by atoms with Crippen LogP contribution in [0.25, 0.3) is 44.7 Å². The zero-order valence-corrected chi connectivity index (χ0v) is 28.2. The van der Waals surface area contributed by atoms with Crippen LogP contribution in [0.2, 0.25) is 0 Å². The average Bonchev–Trinajstić information content (AvgIpc) is 3.96. The number of esters is 1. The summed E-state index contributed by atoms with van der Waals surface area (Å²) in [6.45, 7) is 4.51. The number of nitrogens with one attached hydrogen (secondary N) is 2. The van der Waals surface area contributed by atoms with Crippen LogP contribution >= 0.6 is 0 Å². The van der Waals surface area contributed by atoms with Crippen LogP contribution < -0.4 is 5.73 Å². The Morgan fingerprint density at radius 2 is 1.52 bits per heavy atom. The number of carbonyl (C=O) groups excluding carboxylic acids is 2. The van der Waals surface area contributed by atoms with Crippen LogP contribution in [0.15, 0.2) is 67.1 Å². The van der Waals surface area contributed by atoms with Crippen molar-refractivity contribution in [3.05, 3.63) is 78.6 Å². The number of likely N-dealkylation sites (tertiary alicyclic amines) is 2. The van der Waals surface area contributed by atoms with Gasteiger partial charge in [0, 0.05) is 47.2 Å². The van der Waals surface area contributed by atoms with E-state index in [-0.39, 0.29) is 12.1 Å². The van der Waals surface area contributed by atoms with Gasteiger partial charge in [0.25, 0.3) is 5.91 Å². The first-order valence-electron chi connectivity index (χ1n) is 16.9. The molecule has 5 heterocycles. The van der Waals surface area contributed by atoms with E-state index in [4.69, 9.17) is 25.4 Å². The quantitative estimate of drug-likeness (QED) is 0.119. The van der Waals surface area contributed by atoms with Crippen LogP contribution in [-0.4, -0.2) is 83.5 Å². The van der Waals surface area contributed by atoms with Gasteiger partial charge in [-0.25, -0.2) is 14.6 Å². The van der Waals surface area contributed by atoms with E-state index in [1.165, 1.54) is 12.0 Å². The van der Waals surface area contributed by atoms with Crippen molar-refractivity contribution in [1.82, 2.24) is 34.7 Å². The summed E-state index contributed by atoms with van der Waals surface area (Å²) in [7, 11) is 1.24. The third-order valence-electron chi connectivity index (χ3n) is 10.1. The van der Waals surface area contributed by atoms with E-state index in [9.17, 15) is 19.5 Å². The smallest absolute Gasteiger partial charge is 0.407 e. The maximum absolute atomic E-state index is 13.6. The Morgan fingerprint density at radius 1 is 0.900 bits per heavy atom. The Labute approximate surface area is 288 Å². The van der Waals surface area contributed by atoms with Crippen molar-refractivity contribution in [2.24, 2.45) is 11.7 Å². The van der Waals surface area contributed by atoms with Crippen LogP contribution in [-0.2, 0) is 14.3 Å². The summed E-state index contributed by atoms with van der Waals surface area (Å²) in [6.07, 6.45) is 7.55. The zero-order chi connectivity index (χ0) is 35.2. The van der Waals surface area contributed by atoms with Gasteiger partial charge in [0.2, 0.25) is 0 Å². The SMILES string of the molecule is COC(=O)[C@@](N)(C(=O)N1CCC[C@H]1c1nc(-c2ccc(-c3cnc(-c4ccc5cc([C@@H]6CCCN6C(=O)O)[nH]c5c4)cn3)cc2)c[nH]1)C(C)C. The summed E-state index contributed by atoms with van der Waals surface area (Å²) in [5, 5.41) is 10.6. The second-order valence-corrected chi connectivity index (χ2v) is 13.4. The largest absolute Gasteiger partial charge is 0.467 e. The maximum atomic E-state index is 13.6. The molecule has 0 unspecified atom stereocenters. The van der Waals surface area contributed by atoms with Crippen LogP contribution in [0.5, 0.6) is 0 Å². The van der Waals surface area contributed by atoms with Gasteiger partial charge in [-0.2, -0.15) is 0 Å². The third kappa shape index (κ3) is 5.76. The molecule has 50 heavy (non-hydrogen) atoms. The fourth-order valence-corrected chi connectivity index (χ4v) is 7.17. The molecule has 3 aromatic heterocycles. The van der Waals surface area contributed by atoms with Crippen LogP contribution in [0.1, 0.15) is 63.1 Å². The number of methoxy groups -OCH3 is 1. The van der Waals surface area contributed by atoms with Gasteiger partial charge in [0.1, 0.15) is 5.82 Å². The lowest BCUT2D eigenvalue weighted by Gasteiger charge is -2.35. The Morgan fingerprint density at radius 3 is 2.16 bits per heavy atom. The fourth-order valence-electron chi connectivity index (χ4n) is 7.17. The number of fused-ring (bicyclic) bond motifs is 1. The second kappa shape index (κ2) is 13.0. The summed E-state index contributed by atoms with van der Waals surface area (Å²) in [6, 6.07) is 15.4. The number of nitrogens with zero attached hydrogens (tertiary/aromatic N) is 5. The van der Waals surface area contributed by atoms with E-state index >= 15 is 0 Å². The number of rotatable bonds is 8. The van der Waals surface area contributed by atoms with Gasteiger partial charge in [-0.15, -0.1) is 0 Å². The lowest BCUT2D eigenvalue weighted by atomic mass is 9.85. The van der Waals surface area contributed by atoms with Crippen molar-refractivity contribution in [3.8, 4) is 33.8 Å². The van der Waals surface area contributed by atoms with E-state index in [0.717, 1.165) is 69.6 Å². The molecule has 5 aromatic rings. The third-order valence-corrected chi connectivity index (χ3v) is 10.1. The van der Waals surface area contributed by atoms with Crippen molar-refractivity contribution in [2.75, 3.05) is 20.2 Å². The molecular formula is C37H40N8O5. The summed E-state index contributed by atoms with van der Waals surface area (Å²) < 4.78 is 4.91. The topological polar surface area (TPSA) is 183 Å². The van der Waals surface area contributed by atoms with Crippen molar-refractivity contribution in [3.63, 3.8) is 0 Å². The summed E-state index contributed by atoms with van der Waals surface area (Å²) in [4.78, 5) is 61.9. The first kappa shape index (κ1) is 33.0. The highest BCUT2D eigenvalue weighted by molar-refractivity contribution is 6.07. The van der Waals surface area contributed by atoms with E-state index in [2.05, 4.69) is 9.97 Å². The number of aromatic amines is 2. The molecule has 0 radical (unpaired) electrons. The van der Waals surface area contributed by atoms with Crippen molar-refractivity contribution < 1.29 is 24.2 Å². The van der Waals surface area contributed by atoms with Crippen molar-refractivity contribution in [2.45, 2.75) is 57.2 Å². The Kier molecular flexibility index (Phi) is 8.60. The summed E-state index contributed by atoms with van der Waals surface area (Å²) in [5.41, 5.74) is 11.3. The van der Waals surface area contributed by atoms with E-state index < -0.39 is 29.4 Å². The van der Waals surface area contributed by atoms with Gasteiger partial charge >= 0.3 is 12.1 Å². The molecule has 2 aliphatic heterocycles. The highest BCUT2D eigenvalue weighted by atomic mass is 16.5. The number of nitrogens with two attached hydrogens (primary N) is 1. The molecule has 2 fully saturated rings. The number of imidazole rings is 1. The summed E-state index contributed by atoms with van der Waals surface area (Å²) in [5.74, 6) is -1.01. The van der Waals surface area contributed by atoms with Gasteiger partial charge in [0.05, 0.1) is 48.7 Å². The number of carboxylic acid groups (broad SMARTS) is 1. The number of hydrogen-bond donors (Lipinski definition) is 4. The number of benzene rings is 2.